The van der Waals surface area contributed by atoms with Crippen LogP contribution in [0.25, 0.3) is 0 Å². The first-order valence-electron chi connectivity index (χ1n) is 5.68. The maximum absolute atomic E-state index is 11.7. The zero-order valence-corrected chi connectivity index (χ0v) is 9.02. The minimum atomic E-state index is -2.11. The summed E-state index contributed by atoms with van der Waals surface area (Å²) < 4.78 is 21.6. The normalized spacial score (nSPS) is 15.7. The molecule has 0 aliphatic carbocycles. The van der Waals surface area contributed by atoms with Gasteiger partial charge in [0.05, 0.1) is 6.04 Å². The lowest BCUT2D eigenvalue weighted by molar-refractivity contribution is 0.0955. The smallest absolute Gasteiger partial charge is 0.179 e. The number of nitrogens with one attached hydrogen (secondary N) is 1. The summed E-state index contributed by atoms with van der Waals surface area (Å²) in [6.07, 6.45) is 0. The zero-order valence-electron chi connectivity index (χ0n) is 11.2. The second-order valence-electron chi connectivity index (χ2n) is 2.95. The van der Waals surface area contributed by atoms with Crippen molar-refractivity contribution in [1.29, 1.82) is 0 Å². The van der Waals surface area contributed by atoms with Gasteiger partial charge in [0.15, 0.2) is 5.78 Å². The predicted molar refractivity (Wildman–Crippen MR) is 61.3 cm³/mol. The van der Waals surface area contributed by atoms with Gasteiger partial charge in [0.2, 0.25) is 0 Å². The summed E-state index contributed by atoms with van der Waals surface area (Å²) in [7, 11) is 1.71. The Balaban J connectivity index is 0.00000256. The number of ketones is 1. The van der Waals surface area contributed by atoms with E-state index in [2.05, 4.69) is 5.32 Å². The van der Waals surface area contributed by atoms with Crippen LogP contribution in [-0.2, 0) is 0 Å². The highest BCUT2D eigenvalue weighted by molar-refractivity contribution is 5.99. The first kappa shape index (κ1) is 8.45. The van der Waals surface area contributed by atoms with Crippen LogP contribution in [0.2, 0.25) is 0 Å². The average Bonchev–Trinajstić information content (AvgIpc) is 2.26. The molecule has 0 saturated carbocycles. The molecule has 0 aromatic heterocycles. The Bertz CT molecular complexity index is 375. The Hall–Kier alpha value is -0.860. The number of likely N-dealkylation sites (N-methyl/N-ethyl adjacent to an activating group) is 1. The van der Waals surface area contributed by atoms with Crippen LogP contribution >= 0.6 is 12.4 Å². The Morgan fingerprint density at radius 1 is 1.43 bits per heavy atom. The summed E-state index contributed by atoms with van der Waals surface area (Å²) in [5.74, 6) is -0.0420. The molecule has 1 aromatic rings. The van der Waals surface area contributed by atoms with Crippen LogP contribution in [0.15, 0.2) is 24.3 Å². The Morgan fingerprint density at radius 2 is 2.00 bits per heavy atom. The van der Waals surface area contributed by atoms with E-state index in [0.29, 0.717) is 5.56 Å². The molecular weight excluding hydrogens is 198 g/mol. The molecule has 0 bridgehead atoms. The van der Waals surface area contributed by atoms with Gasteiger partial charge in [-0.15, -0.1) is 12.4 Å². The fourth-order valence-electron chi connectivity index (χ4n) is 1.02. The lowest BCUT2D eigenvalue weighted by Crippen LogP contribution is -2.30. The minimum Gasteiger partial charge on any atom is -0.310 e. The van der Waals surface area contributed by atoms with Crippen molar-refractivity contribution < 1.29 is 8.91 Å². The van der Waals surface area contributed by atoms with E-state index in [1.807, 2.05) is 0 Å². The predicted octanol–water partition coefficient (Wildman–Crippen LogP) is 2.21. The summed E-state index contributed by atoms with van der Waals surface area (Å²) >= 11 is 0. The summed E-state index contributed by atoms with van der Waals surface area (Å²) in [5.41, 5.74) is 0.774. The van der Waals surface area contributed by atoms with E-state index in [1.165, 1.54) is 12.1 Å². The van der Waals surface area contributed by atoms with Crippen LogP contribution in [0.5, 0.6) is 0 Å². The molecule has 0 radical (unpaired) electrons. The monoisotopic (exact) mass is 216 g/mol. The van der Waals surface area contributed by atoms with Gasteiger partial charge in [0, 0.05) is 9.68 Å². The van der Waals surface area contributed by atoms with E-state index in [0.717, 1.165) is 0 Å². The zero-order chi connectivity index (χ0) is 12.3. The van der Waals surface area contributed by atoms with Crippen LogP contribution in [0.3, 0.4) is 0 Å². The molecule has 78 valence electrons. The van der Waals surface area contributed by atoms with Crippen molar-refractivity contribution in [2.75, 3.05) is 7.05 Å². The van der Waals surface area contributed by atoms with E-state index in [-0.39, 0.29) is 29.8 Å². The van der Waals surface area contributed by atoms with Crippen molar-refractivity contribution in [3.8, 4) is 0 Å². The number of carbonyl (C=O) groups excluding carboxylic acids is 1. The molecule has 1 unspecified atom stereocenters. The molecule has 1 rings (SSSR count). The number of hydrogen-bond donors (Lipinski definition) is 1. The summed E-state index contributed by atoms with van der Waals surface area (Å²) in [6.45, 7) is -0.351. The molecule has 0 saturated heterocycles. The van der Waals surface area contributed by atoms with Crippen molar-refractivity contribution in [2.45, 2.75) is 19.8 Å². The largest absolute Gasteiger partial charge is 0.310 e. The van der Waals surface area contributed by atoms with Gasteiger partial charge >= 0.3 is 0 Å². The number of Topliss-reactive ketones (excluding diaryl/α,β-unsaturated/α-hetero) is 1. The highest BCUT2D eigenvalue weighted by Gasteiger charge is 2.11. The van der Waals surface area contributed by atoms with Crippen LogP contribution in [0.1, 0.15) is 27.0 Å². The van der Waals surface area contributed by atoms with E-state index in [9.17, 15) is 4.79 Å². The molecule has 1 atom stereocenters. The highest BCUT2D eigenvalue weighted by Crippen LogP contribution is 2.05. The second-order valence-corrected chi connectivity index (χ2v) is 2.95. The van der Waals surface area contributed by atoms with Gasteiger partial charge in [0.25, 0.3) is 0 Å². The number of halogens is 1. The van der Waals surface area contributed by atoms with Crippen LogP contribution in [0.4, 0.5) is 0 Å². The standard InChI is InChI=1S/C11H15NO.ClH/c1-8-4-6-10(7-5-8)11(13)9(2)12-3;/h4-7,9,12H,1-3H3;1H/i1D3;. The molecule has 0 aliphatic rings. The van der Waals surface area contributed by atoms with Crippen molar-refractivity contribution >= 4 is 18.2 Å². The Kier molecular flexibility index (Phi) is 3.49. The third-order valence-electron chi connectivity index (χ3n) is 2.00. The quantitative estimate of drug-likeness (QED) is 0.785. The molecule has 0 amide bonds. The summed E-state index contributed by atoms with van der Waals surface area (Å²) in [4.78, 5) is 11.7. The van der Waals surface area contributed by atoms with E-state index >= 15 is 0 Å². The van der Waals surface area contributed by atoms with Gasteiger partial charge in [-0.3, -0.25) is 4.79 Å². The van der Waals surface area contributed by atoms with Crippen molar-refractivity contribution in [3.05, 3.63) is 35.4 Å². The van der Waals surface area contributed by atoms with Crippen LogP contribution in [0, 0.1) is 6.85 Å². The number of aryl methyl sites for hydroxylation is 1. The highest BCUT2D eigenvalue weighted by atomic mass is 35.5. The SMILES string of the molecule is Cl.[2H]C([2H])([2H])c1ccc(C(=O)C(C)NC)cc1. The number of benzene rings is 1. The lowest BCUT2D eigenvalue weighted by atomic mass is 10.0. The topological polar surface area (TPSA) is 29.1 Å². The van der Waals surface area contributed by atoms with Gasteiger partial charge in [0.1, 0.15) is 0 Å². The lowest BCUT2D eigenvalue weighted by Gasteiger charge is -2.08. The molecule has 3 heteroatoms. The fraction of sp³-hybridized carbons (Fsp3) is 0.364. The van der Waals surface area contributed by atoms with Gasteiger partial charge in [-0.05, 0) is 20.8 Å². The summed E-state index contributed by atoms with van der Waals surface area (Å²) in [6, 6.07) is 5.79. The maximum Gasteiger partial charge on any atom is 0.179 e. The second kappa shape index (κ2) is 5.78. The Morgan fingerprint density at radius 3 is 2.43 bits per heavy atom. The molecule has 2 nitrogen and oxygen atoms in total. The third-order valence-corrected chi connectivity index (χ3v) is 2.00. The van der Waals surface area contributed by atoms with Crippen molar-refractivity contribution in [1.82, 2.24) is 5.32 Å². The fourth-order valence-corrected chi connectivity index (χ4v) is 1.02. The van der Waals surface area contributed by atoms with Crippen molar-refractivity contribution in [3.63, 3.8) is 0 Å². The molecule has 0 aliphatic heterocycles. The van der Waals surface area contributed by atoms with Gasteiger partial charge in [-0.25, -0.2) is 0 Å². The van der Waals surface area contributed by atoms with Crippen LogP contribution < -0.4 is 5.32 Å². The van der Waals surface area contributed by atoms with E-state index in [1.54, 1.807) is 26.1 Å². The molecular formula is C11H16ClNO. The van der Waals surface area contributed by atoms with E-state index in [4.69, 9.17) is 4.11 Å². The average molecular weight is 217 g/mol. The number of rotatable bonds is 3. The first-order chi connectivity index (χ1) is 7.36. The van der Waals surface area contributed by atoms with Gasteiger partial charge in [-0.2, -0.15) is 0 Å². The molecule has 0 spiro atoms. The molecule has 0 fully saturated rings. The molecule has 1 aromatic carbocycles. The van der Waals surface area contributed by atoms with Gasteiger partial charge < -0.3 is 5.32 Å². The Labute approximate surface area is 95.3 Å². The van der Waals surface area contributed by atoms with E-state index < -0.39 is 6.85 Å². The van der Waals surface area contributed by atoms with Crippen LogP contribution in [-0.4, -0.2) is 18.9 Å². The summed E-state index contributed by atoms with van der Waals surface area (Å²) in [5, 5.41) is 2.85. The minimum absolute atomic E-state index is 0. The van der Waals surface area contributed by atoms with Crippen molar-refractivity contribution in [2.24, 2.45) is 0 Å². The molecule has 0 heterocycles. The number of hydrogen-bond acceptors (Lipinski definition) is 2. The number of carbonyl (C=O) groups is 1. The van der Waals surface area contributed by atoms with Gasteiger partial charge in [-0.1, -0.05) is 29.8 Å². The molecule has 1 N–H and O–H groups in total. The first-order valence-corrected chi connectivity index (χ1v) is 4.18. The molecule has 14 heavy (non-hydrogen) atoms. The third kappa shape index (κ3) is 3.13. The maximum atomic E-state index is 11.7.